The maximum absolute atomic E-state index is 10.4. The van der Waals surface area contributed by atoms with Crippen molar-refractivity contribution in [3.63, 3.8) is 0 Å². The third-order valence-electron chi connectivity index (χ3n) is 4.50. The number of nitrogens with one attached hydrogen (secondary N) is 1. The van der Waals surface area contributed by atoms with Gasteiger partial charge in [0, 0.05) is 29.1 Å². The van der Waals surface area contributed by atoms with Gasteiger partial charge in [-0.15, -0.1) is 11.3 Å². The van der Waals surface area contributed by atoms with E-state index in [1.54, 1.807) is 0 Å². The molecule has 1 saturated heterocycles. The van der Waals surface area contributed by atoms with Crippen LogP contribution in [0.25, 0.3) is 16.8 Å². The fourth-order valence-electron chi connectivity index (χ4n) is 3.23. The van der Waals surface area contributed by atoms with Gasteiger partial charge in [-0.3, -0.25) is 5.41 Å². The van der Waals surface area contributed by atoms with Gasteiger partial charge in [-0.05, 0) is 18.9 Å². The van der Waals surface area contributed by atoms with E-state index in [2.05, 4.69) is 4.98 Å². The standard InChI is InChI=1S/C18H18ClN3O2S/c19-13-6-2-1-5-12(13)14-10-25-18(21-14)16-15(23)9-22(17(16)20)8-11-4-3-7-24-11/h1-2,5-6,10-11,20,23H,3-4,7-9H2/t11-/m1/s1. The van der Waals surface area contributed by atoms with E-state index >= 15 is 0 Å². The van der Waals surface area contributed by atoms with Gasteiger partial charge in [0.25, 0.3) is 0 Å². The van der Waals surface area contributed by atoms with Gasteiger partial charge in [-0.2, -0.15) is 0 Å². The molecule has 0 radical (unpaired) electrons. The summed E-state index contributed by atoms with van der Waals surface area (Å²) in [5, 5.41) is 22.0. The van der Waals surface area contributed by atoms with E-state index in [1.165, 1.54) is 11.3 Å². The number of hydrogen-bond acceptors (Lipinski definition) is 5. The maximum atomic E-state index is 10.4. The SMILES string of the molecule is N=C1C(c2nc(-c3ccccc3Cl)cs2)=C(O)CN1C[C@H]1CCCO1. The monoisotopic (exact) mass is 375 g/mol. The minimum Gasteiger partial charge on any atom is -0.510 e. The summed E-state index contributed by atoms with van der Waals surface area (Å²) in [4.78, 5) is 6.47. The van der Waals surface area contributed by atoms with Crippen molar-refractivity contribution >= 4 is 34.3 Å². The number of ether oxygens (including phenoxy) is 1. The van der Waals surface area contributed by atoms with Crippen molar-refractivity contribution in [3.8, 4) is 11.3 Å². The first-order valence-corrected chi connectivity index (χ1v) is 9.47. The molecule has 0 bridgehead atoms. The Morgan fingerprint density at radius 1 is 1.40 bits per heavy atom. The van der Waals surface area contributed by atoms with Crippen molar-refractivity contribution in [2.24, 2.45) is 0 Å². The Hall–Kier alpha value is -1.89. The molecule has 2 aliphatic rings. The first-order valence-electron chi connectivity index (χ1n) is 8.22. The Kier molecular flexibility index (Phi) is 4.50. The Bertz CT molecular complexity index is 842. The van der Waals surface area contributed by atoms with Crippen LogP contribution in [0.15, 0.2) is 35.4 Å². The average molecular weight is 376 g/mol. The van der Waals surface area contributed by atoms with Gasteiger partial charge in [0.05, 0.1) is 23.9 Å². The molecule has 2 N–H and O–H groups in total. The molecule has 1 aromatic heterocycles. The fraction of sp³-hybridized carbons (Fsp3) is 0.333. The second-order valence-corrected chi connectivity index (χ2v) is 7.47. The number of hydrogen-bond donors (Lipinski definition) is 2. The molecule has 0 spiro atoms. The molecule has 2 aliphatic heterocycles. The molecule has 7 heteroatoms. The van der Waals surface area contributed by atoms with Gasteiger partial charge < -0.3 is 14.7 Å². The summed E-state index contributed by atoms with van der Waals surface area (Å²) in [7, 11) is 0. The minimum absolute atomic E-state index is 0.141. The first-order chi connectivity index (χ1) is 12.1. The summed E-state index contributed by atoms with van der Waals surface area (Å²) in [6.07, 6.45) is 2.21. The van der Waals surface area contributed by atoms with Gasteiger partial charge in [0.2, 0.25) is 0 Å². The number of benzene rings is 1. The van der Waals surface area contributed by atoms with Gasteiger partial charge in [-0.1, -0.05) is 29.8 Å². The number of aliphatic hydroxyl groups excluding tert-OH is 1. The lowest BCUT2D eigenvalue weighted by atomic mass is 10.2. The molecule has 2 aromatic rings. The topological polar surface area (TPSA) is 69.4 Å². The average Bonchev–Trinajstić information content (AvgIpc) is 3.31. The van der Waals surface area contributed by atoms with Crippen LogP contribution in [0.5, 0.6) is 0 Å². The van der Waals surface area contributed by atoms with E-state index in [1.807, 2.05) is 34.5 Å². The van der Waals surface area contributed by atoms with E-state index < -0.39 is 0 Å². The lowest BCUT2D eigenvalue weighted by Crippen LogP contribution is -2.34. The summed E-state index contributed by atoms with van der Waals surface area (Å²) in [6, 6.07) is 7.54. The second kappa shape index (κ2) is 6.78. The Morgan fingerprint density at radius 3 is 3.00 bits per heavy atom. The highest BCUT2D eigenvalue weighted by Gasteiger charge is 2.32. The predicted octanol–water partition coefficient (Wildman–Crippen LogP) is 4.20. The number of rotatable bonds is 4. The van der Waals surface area contributed by atoms with Crippen molar-refractivity contribution in [2.75, 3.05) is 19.7 Å². The summed E-state index contributed by atoms with van der Waals surface area (Å²) in [6.45, 7) is 1.76. The Balaban J connectivity index is 1.56. The maximum Gasteiger partial charge on any atom is 0.135 e. The summed E-state index contributed by atoms with van der Waals surface area (Å²) in [5.41, 5.74) is 2.13. The van der Waals surface area contributed by atoms with E-state index in [-0.39, 0.29) is 11.9 Å². The van der Waals surface area contributed by atoms with E-state index in [4.69, 9.17) is 21.7 Å². The molecule has 3 heterocycles. The number of aromatic nitrogens is 1. The van der Waals surface area contributed by atoms with Crippen LogP contribution in [0.4, 0.5) is 0 Å². The van der Waals surface area contributed by atoms with Gasteiger partial charge in [0.15, 0.2) is 0 Å². The van der Waals surface area contributed by atoms with Crippen LogP contribution >= 0.6 is 22.9 Å². The zero-order chi connectivity index (χ0) is 17.4. The molecule has 130 valence electrons. The minimum atomic E-state index is 0.141. The van der Waals surface area contributed by atoms with E-state index in [0.29, 0.717) is 34.5 Å². The highest BCUT2D eigenvalue weighted by atomic mass is 35.5. The third kappa shape index (κ3) is 3.17. The van der Waals surface area contributed by atoms with Crippen LogP contribution in [-0.2, 0) is 4.74 Å². The highest BCUT2D eigenvalue weighted by Crippen LogP contribution is 2.34. The quantitative estimate of drug-likeness (QED) is 0.840. The van der Waals surface area contributed by atoms with Crippen molar-refractivity contribution in [1.29, 1.82) is 5.41 Å². The molecular formula is C18H18ClN3O2S. The Labute approximate surface area is 155 Å². The number of amidine groups is 1. The summed E-state index contributed by atoms with van der Waals surface area (Å²) < 4.78 is 5.65. The molecular weight excluding hydrogens is 358 g/mol. The lowest BCUT2D eigenvalue weighted by molar-refractivity contribution is 0.0924. The van der Waals surface area contributed by atoms with Crippen LogP contribution in [0.3, 0.4) is 0 Å². The first kappa shape index (κ1) is 16.6. The number of nitrogens with zero attached hydrogens (tertiary/aromatic N) is 2. The number of aliphatic hydroxyl groups is 1. The van der Waals surface area contributed by atoms with Crippen LogP contribution in [0.2, 0.25) is 5.02 Å². The molecule has 25 heavy (non-hydrogen) atoms. The summed E-state index contributed by atoms with van der Waals surface area (Å²) >= 11 is 7.66. The van der Waals surface area contributed by atoms with Crippen molar-refractivity contribution in [3.05, 3.63) is 45.4 Å². The van der Waals surface area contributed by atoms with E-state index in [9.17, 15) is 5.11 Å². The van der Waals surface area contributed by atoms with Crippen molar-refractivity contribution in [2.45, 2.75) is 18.9 Å². The Morgan fingerprint density at radius 2 is 2.24 bits per heavy atom. The molecule has 5 nitrogen and oxygen atoms in total. The predicted molar refractivity (Wildman–Crippen MR) is 100 cm³/mol. The largest absolute Gasteiger partial charge is 0.510 e. The molecule has 1 aromatic carbocycles. The van der Waals surface area contributed by atoms with Crippen LogP contribution in [0.1, 0.15) is 17.8 Å². The molecule has 1 atom stereocenters. The van der Waals surface area contributed by atoms with Gasteiger partial charge in [-0.25, -0.2) is 4.98 Å². The number of thiazole rings is 1. The number of halogens is 1. The second-order valence-electron chi connectivity index (χ2n) is 6.20. The van der Waals surface area contributed by atoms with E-state index in [0.717, 1.165) is 30.7 Å². The molecule has 1 fully saturated rings. The molecule has 0 amide bonds. The smallest absolute Gasteiger partial charge is 0.135 e. The zero-order valence-corrected chi connectivity index (χ0v) is 15.1. The van der Waals surface area contributed by atoms with Gasteiger partial charge >= 0.3 is 0 Å². The van der Waals surface area contributed by atoms with Gasteiger partial charge in [0.1, 0.15) is 16.6 Å². The fourth-order valence-corrected chi connectivity index (χ4v) is 4.35. The van der Waals surface area contributed by atoms with Crippen LogP contribution < -0.4 is 0 Å². The molecule has 0 saturated carbocycles. The molecule has 0 unspecified atom stereocenters. The van der Waals surface area contributed by atoms with Crippen LogP contribution in [-0.4, -0.2) is 46.6 Å². The molecule has 4 rings (SSSR count). The molecule has 0 aliphatic carbocycles. The zero-order valence-electron chi connectivity index (χ0n) is 13.5. The van der Waals surface area contributed by atoms with Crippen molar-refractivity contribution in [1.82, 2.24) is 9.88 Å². The van der Waals surface area contributed by atoms with Crippen LogP contribution in [0, 0.1) is 5.41 Å². The van der Waals surface area contributed by atoms with Crippen molar-refractivity contribution < 1.29 is 9.84 Å². The summed E-state index contributed by atoms with van der Waals surface area (Å²) in [5.74, 6) is 0.510. The highest BCUT2D eigenvalue weighted by molar-refractivity contribution is 7.11. The normalized spacial score (nSPS) is 20.8. The lowest BCUT2D eigenvalue weighted by Gasteiger charge is -2.21. The third-order valence-corrected chi connectivity index (χ3v) is 5.69.